The summed E-state index contributed by atoms with van der Waals surface area (Å²) >= 11 is 0. The zero-order valence-electron chi connectivity index (χ0n) is 35.1. The van der Waals surface area contributed by atoms with E-state index in [1.165, 1.54) is 43.0 Å². The lowest BCUT2D eigenvalue weighted by Gasteiger charge is -2.33. The van der Waals surface area contributed by atoms with E-state index in [1.807, 2.05) is 12.1 Å². The monoisotopic (exact) mass is 834 g/mol. The molecular weight excluding hydrogens is 793 g/mol. The predicted molar refractivity (Wildman–Crippen MR) is 271 cm³/mol. The van der Waals surface area contributed by atoms with Crippen LogP contribution in [0, 0.1) is 0 Å². The fourth-order valence-electron chi connectivity index (χ4n) is 10.1. The molecule has 1 aromatic heterocycles. The average molecular weight is 835 g/mol. The van der Waals surface area contributed by atoms with Gasteiger partial charge in [-0.3, -0.25) is 0 Å². The molecule has 0 aliphatic carbocycles. The van der Waals surface area contributed by atoms with E-state index in [4.69, 9.17) is 4.42 Å². The molecule has 302 valence electrons. The van der Waals surface area contributed by atoms with E-state index in [0.29, 0.717) is 0 Å². The van der Waals surface area contributed by atoms with Crippen molar-refractivity contribution in [2.45, 2.75) is 0 Å². The Morgan fingerprint density at radius 2 is 0.812 bits per heavy atom. The topological polar surface area (TPSA) is 19.6 Å². The zero-order valence-corrected chi connectivity index (χ0v) is 36.1. The van der Waals surface area contributed by atoms with Gasteiger partial charge >= 0.3 is 0 Å². The van der Waals surface area contributed by atoms with Crippen LogP contribution in [0.5, 0.6) is 0 Å². The van der Waals surface area contributed by atoms with Crippen LogP contribution < -0.4 is 30.5 Å². The third-order valence-corrected chi connectivity index (χ3v) is 17.8. The van der Waals surface area contributed by atoms with E-state index in [2.05, 4.69) is 252 Å². The molecule has 0 fully saturated rings. The maximum Gasteiger partial charge on any atom is 0.181 e. The lowest BCUT2D eigenvalue weighted by atomic mass is 10.0. The predicted octanol–water partition coefficient (Wildman–Crippen LogP) is 13.6. The summed E-state index contributed by atoms with van der Waals surface area (Å²) in [7, 11) is -2.97. The van der Waals surface area contributed by atoms with Crippen molar-refractivity contribution in [3.63, 3.8) is 0 Å². The molecule has 0 bridgehead atoms. The number of hydrogen-bond acceptors (Lipinski definition) is 3. The van der Waals surface area contributed by atoms with E-state index >= 15 is 0 Å². The largest absolute Gasteiger partial charge is 0.456 e. The van der Waals surface area contributed by atoms with Crippen LogP contribution in [0.2, 0.25) is 0 Å². The van der Waals surface area contributed by atoms with E-state index in [9.17, 15) is 0 Å². The van der Waals surface area contributed by atoms with Gasteiger partial charge in [0.2, 0.25) is 0 Å². The molecule has 11 aromatic rings. The van der Waals surface area contributed by atoms with Gasteiger partial charge in [0.05, 0.1) is 5.69 Å². The Kier molecular flexibility index (Phi) is 9.17. The summed E-state index contributed by atoms with van der Waals surface area (Å²) in [4.78, 5) is 4.83. The van der Waals surface area contributed by atoms with Crippen molar-refractivity contribution < 1.29 is 4.42 Å². The van der Waals surface area contributed by atoms with E-state index in [1.54, 1.807) is 0 Å². The van der Waals surface area contributed by atoms with Crippen LogP contribution in [0.4, 0.5) is 34.1 Å². The third kappa shape index (κ3) is 6.10. The first-order chi connectivity index (χ1) is 31.8. The summed E-state index contributed by atoms with van der Waals surface area (Å²) in [5.41, 5.74) is 13.3. The minimum atomic E-state index is -2.97. The molecule has 0 N–H and O–H groups in total. The number of para-hydroxylation sites is 3. The molecule has 1 aliphatic rings. The van der Waals surface area contributed by atoms with Gasteiger partial charge in [-0.05, 0) is 110 Å². The Morgan fingerprint density at radius 1 is 0.312 bits per heavy atom. The number of fused-ring (bicyclic) bond motifs is 6. The van der Waals surface area contributed by atoms with Crippen molar-refractivity contribution in [2.24, 2.45) is 0 Å². The number of hydrogen-bond donors (Lipinski definition) is 0. The van der Waals surface area contributed by atoms with Crippen molar-refractivity contribution in [3.8, 4) is 22.3 Å². The van der Waals surface area contributed by atoms with Crippen molar-refractivity contribution >= 4 is 84.9 Å². The van der Waals surface area contributed by atoms with Crippen LogP contribution in [0.25, 0.3) is 44.2 Å². The molecular formula is C60H42N2OSi. The lowest BCUT2D eigenvalue weighted by molar-refractivity contribution is 0.669. The van der Waals surface area contributed by atoms with Crippen LogP contribution in [0.3, 0.4) is 0 Å². The van der Waals surface area contributed by atoms with Gasteiger partial charge < -0.3 is 14.2 Å². The van der Waals surface area contributed by atoms with Gasteiger partial charge in [0, 0.05) is 50.8 Å². The van der Waals surface area contributed by atoms with Gasteiger partial charge in [-0.15, -0.1) is 0 Å². The summed E-state index contributed by atoms with van der Waals surface area (Å²) in [5, 5.41) is 7.68. The second-order valence-corrected chi connectivity index (χ2v) is 20.2. The average Bonchev–Trinajstić information content (AvgIpc) is 3.89. The van der Waals surface area contributed by atoms with Crippen molar-refractivity contribution in [2.75, 3.05) is 9.80 Å². The maximum absolute atomic E-state index is 6.49. The van der Waals surface area contributed by atoms with Gasteiger partial charge in [0.15, 0.2) is 8.07 Å². The number of furan rings is 1. The van der Waals surface area contributed by atoms with Crippen LogP contribution in [0.15, 0.2) is 259 Å². The Balaban J connectivity index is 1.12. The fraction of sp³-hybridized carbons (Fsp3) is 0. The number of benzene rings is 10. The molecule has 0 unspecified atom stereocenters. The number of nitrogens with zero attached hydrogens (tertiary/aromatic N) is 2. The van der Waals surface area contributed by atoms with Crippen LogP contribution in [-0.4, -0.2) is 8.07 Å². The van der Waals surface area contributed by atoms with Crippen LogP contribution >= 0.6 is 0 Å². The highest BCUT2D eigenvalue weighted by Crippen LogP contribution is 2.45. The first-order valence-corrected chi connectivity index (χ1v) is 23.9. The molecule has 0 atom stereocenters. The third-order valence-electron chi connectivity index (χ3n) is 12.9. The van der Waals surface area contributed by atoms with Gasteiger partial charge in [0.1, 0.15) is 11.2 Å². The summed E-state index contributed by atoms with van der Waals surface area (Å²) < 4.78 is 6.49. The van der Waals surface area contributed by atoms with Crippen LogP contribution in [0.1, 0.15) is 0 Å². The molecule has 2 heterocycles. The van der Waals surface area contributed by atoms with Crippen molar-refractivity contribution in [3.05, 3.63) is 255 Å². The molecule has 3 nitrogen and oxygen atoms in total. The fourth-order valence-corrected chi connectivity index (χ4v) is 15.4. The smallest absolute Gasteiger partial charge is 0.181 e. The summed E-state index contributed by atoms with van der Waals surface area (Å²) in [6.07, 6.45) is 0. The SMILES string of the molecule is c1ccc(-c2ccc(N(c3ccccc3)c3cccc4c3-c3ccc(N(c5ccccc5)c5ccc6c(c5)oc5ccccc56)cc3[Si]4(c3ccccc3)c3ccccc3)cc2)cc1. The second kappa shape index (κ2) is 15.6. The first kappa shape index (κ1) is 37.6. The molecule has 1 aliphatic heterocycles. The normalized spacial score (nSPS) is 12.5. The number of rotatable bonds is 9. The Labute approximate surface area is 374 Å². The molecule has 10 aromatic carbocycles. The quantitative estimate of drug-likeness (QED) is 0.135. The first-order valence-electron chi connectivity index (χ1n) is 21.9. The Hall–Kier alpha value is -8.18. The van der Waals surface area contributed by atoms with Gasteiger partial charge in [-0.25, -0.2) is 0 Å². The second-order valence-electron chi connectivity index (χ2n) is 16.4. The highest BCUT2D eigenvalue weighted by atomic mass is 28.3. The maximum atomic E-state index is 6.49. The van der Waals surface area contributed by atoms with Crippen LogP contribution in [-0.2, 0) is 0 Å². The summed E-state index contributed by atoms with van der Waals surface area (Å²) in [6, 6.07) is 92.9. The molecule has 0 spiro atoms. The van der Waals surface area contributed by atoms with Gasteiger partial charge in [-0.2, -0.15) is 0 Å². The van der Waals surface area contributed by atoms with E-state index in [0.717, 1.165) is 56.1 Å². The summed E-state index contributed by atoms with van der Waals surface area (Å²) in [5.74, 6) is 0. The molecule has 4 heteroatoms. The van der Waals surface area contributed by atoms with Crippen molar-refractivity contribution in [1.29, 1.82) is 0 Å². The Bertz CT molecular complexity index is 3390. The molecule has 12 rings (SSSR count). The minimum Gasteiger partial charge on any atom is -0.456 e. The lowest BCUT2D eigenvalue weighted by Crippen LogP contribution is -2.72. The van der Waals surface area contributed by atoms with E-state index < -0.39 is 8.07 Å². The highest BCUT2D eigenvalue weighted by Gasteiger charge is 2.50. The highest BCUT2D eigenvalue weighted by molar-refractivity contribution is 7.22. The minimum absolute atomic E-state index is 0.868. The van der Waals surface area contributed by atoms with Gasteiger partial charge in [0.25, 0.3) is 0 Å². The molecule has 0 saturated heterocycles. The molecule has 0 amide bonds. The zero-order chi connectivity index (χ0) is 42.5. The van der Waals surface area contributed by atoms with Gasteiger partial charge in [-0.1, -0.05) is 176 Å². The number of anilines is 6. The van der Waals surface area contributed by atoms with E-state index in [-0.39, 0.29) is 0 Å². The molecule has 0 radical (unpaired) electrons. The standard InChI is InChI=1S/C60H42N2OSi/c1-6-19-43(20-7-1)44-33-35-47(36-34-44)62(46-23-10-3-11-24-46)55-30-18-32-58-60(55)54-40-38-49(42-59(54)64(58,50-25-12-4-13-26-50)51-27-14-5-15-28-51)61(45-21-8-2-9-22-45)48-37-39-53-52-29-16-17-31-56(52)63-57(53)41-48/h1-42H. The van der Waals surface area contributed by atoms with Crippen molar-refractivity contribution in [1.82, 2.24) is 0 Å². The Morgan fingerprint density at radius 3 is 1.48 bits per heavy atom. The molecule has 64 heavy (non-hydrogen) atoms. The summed E-state index contributed by atoms with van der Waals surface area (Å²) in [6.45, 7) is 0. The molecule has 0 saturated carbocycles.